The zero-order valence-corrected chi connectivity index (χ0v) is 11.6. The van der Waals surface area contributed by atoms with Crippen LogP contribution in [0.25, 0.3) is 0 Å². The van der Waals surface area contributed by atoms with Crippen molar-refractivity contribution in [3.8, 4) is 0 Å². The fraction of sp³-hybridized carbons (Fsp3) is 0.125. The molecule has 108 valence electrons. The maximum Gasteiger partial charge on any atom is 0.323 e. The number of nitrogens with one attached hydrogen (secondary N) is 2. The lowest BCUT2D eigenvalue weighted by Crippen LogP contribution is -2.19. The molecular formula is C16H16N2O3. The largest absolute Gasteiger partial charge is 0.481 e. The molecule has 2 rings (SSSR count). The molecular weight excluding hydrogens is 268 g/mol. The SMILES string of the molecule is Cc1cccc(NC(=O)Nc2ccc(CC(=O)O)cc2)c1. The van der Waals surface area contributed by atoms with Gasteiger partial charge in [0.1, 0.15) is 0 Å². The average Bonchev–Trinajstić information content (AvgIpc) is 2.40. The van der Waals surface area contributed by atoms with E-state index in [0.717, 1.165) is 11.3 Å². The molecule has 5 heteroatoms. The van der Waals surface area contributed by atoms with Gasteiger partial charge in [0.05, 0.1) is 6.42 Å². The molecule has 0 aliphatic heterocycles. The van der Waals surface area contributed by atoms with Crippen LogP contribution in [-0.2, 0) is 11.2 Å². The van der Waals surface area contributed by atoms with Crippen molar-refractivity contribution in [3.63, 3.8) is 0 Å². The summed E-state index contributed by atoms with van der Waals surface area (Å²) in [6.45, 7) is 1.95. The van der Waals surface area contributed by atoms with E-state index >= 15 is 0 Å². The Hall–Kier alpha value is -2.82. The number of rotatable bonds is 4. The molecule has 2 aromatic rings. The summed E-state index contributed by atoms with van der Waals surface area (Å²) in [4.78, 5) is 22.4. The molecule has 0 aliphatic rings. The molecule has 0 atom stereocenters. The third-order valence-electron chi connectivity index (χ3n) is 2.84. The molecule has 0 saturated carbocycles. The Balaban J connectivity index is 1.95. The number of carboxylic acid groups (broad SMARTS) is 1. The summed E-state index contributed by atoms with van der Waals surface area (Å²) in [5.74, 6) is -0.882. The molecule has 5 nitrogen and oxygen atoms in total. The Kier molecular flexibility index (Phi) is 4.56. The van der Waals surface area contributed by atoms with Crippen LogP contribution < -0.4 is 10.6 Å². The molecule has 0 aromatic heterocycles. The highest BCUT2D eigenvalue weighted by atomic mass is 16.4. The van der Waals surface area contributed by atoms with Crippen molar-refractivity contribution in [1.82, 2.24) is 0 Å². The van der Waals surface area contributed by atoms with Crippen LogP contribution in [0.3, 0.4) is 0 Å². The van der Waals surface area contributed by atoms with Crippen LogP contribution in [0.15, 0.2) is 48.5 Å². The van der Waals surface area contributed by atoms with Gasteiger partial charge in [0.2, 0.25) is 0 Å². The summed E-state index contributed by atoms with van der Waals surface area (Å²) in [5.41, 5.74) is 3.07. The quantitative estimate of drug-likeness (QED) is 0.806. The van der Waals surface area contributed by atoms with Gasteiger partial charge in [-0.1, -0.05) is 24.3 Å². The molecule has 2 amide bonds. The number of aryl methyl sites for hydroxylation is 1. The van der Waals surface area contributed by atoms with Crippen molar-refractivity contribution < 1.29 is 14.7 Å². The predicted octanol–water partition coefficient (Wildman–Crippen LogP) is 3.27. The lowest BCUT2D eigenvalue weighted by atomic mass is 10.1. The monoisotopic (exact) mass is 284 g/mol. The van der Waals surface area contributed by atoms with Crippen molar-refractivity contribution in [1.29, 1.82) is 0 Å². The second-order valence-electron chi connectivity index (χ2n) is 4.72. The second-order valence-corrected chi connectivity index (χ2v) is 4.72. The Labute approximate surface area is 122 Å². The van der Waals surface area contributed by atoms with Crippen LogP contribution in [0.2, 0.25) is 0 Å². The van der Waals surface area contributed by atoms with E-state index < -0.39 is 5.97 Å². The van der Waals surface area contributed by atoms with Crippen molar-refractivity contribution in [2.24, 2.45) is 0 Å². The third kappa shape index (κ3) is 4.65. The van der Waals surface area contributed by atoms with E-state index in [4.69, 9.17) is 5.11 Å². The Morgan fingerprint density at radius 1 is 1.00 bits per heavy atom. The first-order valence-electron chi connectivity index (χ1n) is 6.48. The molecule has 0 heterocycles. The van der Waals surface area contributed by atoms with Crippen LogP contribution in [0.1, 0.15) is 11.1 Å². The predicted molar refractivity (Wildman–Crippen MR) is 81.6 cm³/mol. The van der Waals surface area contributed by atoms with Gasteiger partial charge in [-0.3, -0.25) is 4.79 Å². The number of urea groups is 1. The number of hydrogen-bond donors (Lipinski definition) is 3. The van der Waals surface area contributed by atoms with Gasteiger partial charge in [-0.2, -0.15) is 0 Å². The number of hydrogen-bond acceptors (Lipinski definition) is 2. The Morgan fingerprint density at radius 2 is 1.67 bits per heavy atom. The first-order chi connectivity index (χ1) is 10.0. The average molecular weight is 284 g/mol. The molecule has 21 heavy (non-hydrogen) atoms. The lowest BCUT2D eigenvalue weighted by Gasteiger charge is -2.08. The van der Waals surface area contributed by atoms with Gasteiger partial charge < -0.3 is 15.7 Å². The highest BCUT2D eigenvalue weighted by Crippen LogP contribution is 2.12. The van der Waals surface area contributed by atoms with Gasteiger partial charge in [0, 0.05) is 11.4 Å². The summed E-state index contributed by atoms with van der Waals surface area (Å²) in [5, 5.41) is 14.1. The minimum absolute atomic E-state index is 0.0320. The number of benzene rings is 2. The first-order valence-corrected chi connectivity index (χ1v) is 6.48. The van der Waals surface area contributed by atoms with Crippen LogP contribution in [0, 0.1) is 6.92 Å². The van der Waals surface area contributed by atoms with E-state index in [1.54, 1.807) is 24.3 Å². The zero-order chi connectivity index (χ0) is 15.2. The summed E-state index contributed by atoms with van der Waals surface area (Å²) >= 11 is 0. The summed E-state index contributed by atoms with van der Waals surface area (Å²) in [6, 6.07) is 13.9. The fourth-order valence-corrected chi connectivity index (χ4v) is 1.90. The number of aliphatic carboxylic acids is 1. The van der Waals surface area contributed by atoms with Gasteiger partial charge in [-0.15, -0.1) is 0 Å². The highest BCUT2D eigenvalue weighted by Gasteiger charge is 2.04. The van der Waals surface area contributed by atoms with Gasteiger partial charge >= 0.3 is 12.0 Å². The smallest absolute Gasteiger partial charge is 0.323 e. The van der Waals surface area contributed by atoms with Crippen molar-refractivity contribution in [3.05, 3.63) is 59.7 Å². The molecule has 2 aromatic carbocycles. The second kappa shape index (κ2) is 6.56. The molecule has 0 saturated heterocycles. The summed E-state index contributed by atoms with van der Waals surface area (Å²) in [6.07, 6.45) is -0.0320. The first kappa shape index (κ1) is 14.6. The van der Waals surface area contributed by atoms with Crippen molar-refractivity contribution >= 4 is 23.4 Å². The number of carbonyl (C=O) groups excluding carboxylic acids is 1. The van der Waals surface area contributed by atoms with E-state index in [9.17, 15) is 9.59 Å². The number of carboxylic acids is 1. The maximum atomic E-state index is 11.8. The van der Waals surface area contributed by atoms with E-state index in [1.165, 1.54) is 0 Å². The topological polar surface area (TPSA) is 78.4 Å². The number of amides is 2. The molecule has 0 unspecified atom stereocenters. The highest BCUT2D eigenvalue weighted by molar-refractivity contribution is 5.99. The van der Waals surface area contributed by atoms with Crippen LogP contribution in [-0.4, -0.2) is 17.1 Å². The molecule has 0 spiro atoms. The molecule has 3 N–H and O–H groups in total. The summed E-state index contributed by atoms with van der Waals surface area (Å²) in [7, 11) is 0. The van der Waals surface area contributed by atoms with Crippen LogP contribution in [0.5, 0.6) is 0 Å². The minimum atomic E-state index is -0.882. The standard InChI is InChI=1S/C16H16N2O3/c1-11-3-2-4-14(9-11)18-16(21)17-13-7-5-12(6-8-13)10-15(19)20/h2-9H,10H2,1H3,(H,19,20)(H2,17,18,21). The normalized spacial score (nSPS) is 9.95. The van der Waals surface area contributed by atoms with Crippen molar-refractivity contribution in [2.45, 2.75) is 13.3 Å². The molecule has 0 bridgehead atoms. The third-order valence-corrected chi connectivity index (χ3v) is 2.84. The van der Waals surface area contributed by atoms with E-state index in [2.05, 4.69) is 10.6 Å². The van der Waals surface area contributed by atoms with E-state index in [-0.39, 0.29) is 12.5 Å². The van der Waals surface area contributed by atoms with Gasteiger partial charge in [-0.25, -0.2) is 4.79 Å². The van der Waals surface area contributed by atoms with E-state index in [0.29, 0.717) is 11.3 Å². The molecule has 0 radical (unpaired) electrons. The lowest BCUT2D eigenvalue weighted by molar-refractivity contribution is -0.136. The van der Waals surface area contributed by atoms with Crippen LogP contribution in [0.4, 0.5) is 16.2 Å². The van der Waals surface area contributed by atoms with E-state index in [1.807, 2.05) is 31.2 Å². The van der Waals surface area contributed by atoms with Gasteiger partial charge in [0.25, 0.3) is 0 Å². The Bertz CT molecular complexity index is 651. The zero-order valence-electron chi connectivity index (χ0n) is 11.6. The van der Waals surface area contributed by atoms with Gasteiger partial charge in [0.15, 0.2) is 0 Å². The van der Waals surface area contributed by atoms with Gasteiger partial charge in [-0.05, 0) is 42.3 Å². The van der Waals surface area contributed by atoms with Crippen molar-refractivity contribution in [2.75, 3.05) is 10.6 Å². The minimum Gasteiger partial charge on any atom is -0.481 e. The molecule has 0 aliphatic carbocycles. The summed E-state index contributed by atoms with van der Waals surface area (Å²) < 4.78 is 0. The number of carbonyl (C=O) groups is 2. The molecule has 0 fully saturated rings. The maximum absolute atomic E-state index is 11.8. The fourth-order valence-electron chi connectivity index (χ4n) is 1.90. The van der Waals surface area contributed by atoms with Crippen LogP contribution >= 0.6 is 0 Å². The Morgan fingerprint density at radius 3 is 2.29 bits per heavy atom. The number of anilines is 2.